The van der Waals surface area contributed by atoms with Crippen LogP contribution in [0, 0.1) is 6.92 Å². The van der Waals surface area contributed by atoms with Crippen LogP contribution in [0.3, 0.4) is 0 Å². The molecule has 1 aliphatic rings. The second kappa shape index (κ2) is 3.24. The molecule has 14 heavy (non-hydrogen) atoms. The first-order chi connectivity index (χ1) is 6.72. The molecular weight excluding hydrogens is 178 g/mol. The molecular formula is C11H15NO2. The SMILES string of the molecule is COc1ncc(C2(CO)CC2)cc1C. The number of hydrogen-bond acceptors (Lipinski definition) is 3. The zero-order valence-electron chi connectivity index (χ0n) is 8.58. The van der Waals surface area contributed by atoms with Crippen molar-refractivity contribution in [2.45, 2.75) is 25.2 Å². The van der Waals surface area contributed by atoms with E-state index in [2.05, 4.69) is 11.1 Å². The lowest BCUT2D eigenvalue weighted by Gasteiger charge is -2.13. The molecule has 0 atom stereocenters. The van der Waals surface area contributed by atoms with Crippen LogP contribution in [0.4, 0.5) is 0 Å². The minimum absolute atomic E-state index is 0.00400. The molecule has 2 rings (SSSR count). The third kappa shape index (κ3) is 1.38. The topological polar surface area (TPSA) is 42.4 Å². The summed E-state index contributed by atoms with van der Waals surface area (Å²) in [7, 11) is 1.62. The second-order valence-electron chi connectivity index (χ2n) is 3.99. The lowest BCUT2D eigenvalue weighted by molar-refractivity contribution is 0.254. The Morgan fingerprint density at radius 1 is 1.57 bits per heavy atom. The molecule has 0 radical (unpaired) electrons. The summed E-state index contributed by atoms with van der Waals surface area (Å²) in [6.07, 6.45) is 3.95. The molecule has 0 unspecified atom stereocenters. The van der Waals surface area contributed by atoms with Crippen LogP contribution in [0.5, 0.6) is 5.88 Å². The molecule has 0 saturated heterocycles. The van der Waals surface area contributed by atoms with Gasteiger partial charge in [-0.2, -0.15) is 0 Å². The van der Waals surface area contributed by atoms with Gasteiger partial charge in [0.2, 0.25) is 5.88 Å². The molecule has 0 aliphatic heterocycles. The standard InChI is InChI=1S/C11H15NO2/c1-8-5-9(6-12-10(8)14-2)11(7-13)3-4-11/h5-6,13H,3-4,7H2,1-2H3. The van der Waals surface area contributed by atoms with Gasteiger partial charge >= 0.3 is 0 Å². The zero-order valence-corrected chi connectivity index (χ0v) is 8.58. The van der Waals surface area contributed by atoms with Crippen molar-refractivity contribution in [1.29, 1.82) is 0 Å². The van der Waals surface area contributed by atoms with Crippen molar-refractivity contribution in [1.82, 2.24) is 4.98 Å². The number of aromatic nitrogens is 1. The van der Waals surface area contributed by atoms with E-state index < -0.39 is 0 Å². The molecule has 1 fully saturated rings. The Labute approximate surface area is 83.7 Å². The van der Waals surface area contributed by atoms with Crippen molar-refractivity contribution in [2.24, 2.45) is 0 Å². The second-order valence-corrected chi connectivity index (χ2v) is 3.99. The van der Waals surface area contributed by atoms with Gasteiger partial charge in [0.25, 0.3) is 0 Å². The van der Waals surface area contributed by atoms with Crippen LogP contribution in [0.1, 0.15) is 24.0 Å². The van der Waals surface area contributed by atoms with E-state index in [0.29, 0.717) is 5.88 Å². The Morgan fingerprint density at radius 2 is 2.29 bits per heavy atom. The van der Waals surface area contributed by atoms with E-state index in [1.807, 2.05) is 13.1 Å². The number of hydrogen-bond donors (Lipinski definition) is 1. The van der Waals surface area contributed by atoms with E-state index in [9.17, 15) is 5.11 Å². The van der Waals surface area contributed by atoms with Crippen molar-refractivity contribution < 1.29 is 9.84 Å². The smallest absolute Gasteiger partial charge is 0.215 e. The van der Waals surface area contributed by atoms with Gasteiger partial charge in [-0.3, -0.25) is 0 Å². The Kier molecular flexibility index (Phi) is 2.19. The van der Waals surface area contributed by atoms with Gasteiger partial charge in [-0.05, 0) is 31.4 Å². The number of aryl methyl sites for hydroxylation is 1. The molecule has 1 saturated carbocycles. The fourth-order valence-electron chi connectivity index (χ4n) is 1.75. The van der Waals surface area contributed by atoms with Crippen molar-refractivity contribution in [3.8, 4) is 5.88 Å². The molecule has 0 spiro atoms. The highest BCUT2D eigenvalue weighted by atomic mass is 16.5. The first kappa shape index (κ1) is 9.46. The summed E-state index contributed by atoms with van der Waals surface area (Å²) in [6.45, 7) is 2.20. The van der Waals surface area contributed by atoms with Crippen LogP contribution in [0.2, 0.25) is 0 Å². The van der Waals surface area contributed by atoms with E-state index in [1.165, 1.54) is 0 Å². The van der Waals surface area contributed by atoms with E-state index in [0.717, 1.165) is 24.0 Å². The maximum atomic E-state index is 9.27. The van der Waals surface area contributed by atoms with Crippen molar-refractivity contribution in [2.75, 3.05) is 13.7 Å². The molecule has 1 aromatic rings. The Morgan fingerprint density at radius 3 is 2.71 bits per heavy atom. The van der Waals surface area contributed by atoms with Crippen LogP contribution in [-0.2, 0) is 5.41 Å². The van der Waals surface area contributed by atoms with Gasteiger partial charge in [-0.1, -0.05) is 0 Å². The van der Waals surface area contributed by atoms with Crippen LogP contribution in [-0.4, -0.2) is 23.8 Å². The van der Waals surface area contributed by atoms with Crippen LogP contribution < -0.4 is 4.74 Å². The predicted molar refractivity (Wildman–Crippen MR) is 53.5 cm³/mol. The molecule has 0 amide bonds. The predicted octanol–water partition coefficient (Wildman–Crippen LogP) is 1.42. The average molecular weight is 193 g/mol. The summed E-state index contributed by atoms with van der Waals surface area (Å²) in [5.74, 6) is 0.669. The Bertz CT molecular complexity index is 345. The number of rotatable bonds is 3. The number of ether oxygens (including phenoxy) is 1. The molecule has 3 nitrogen and oxygen atoms in total. The molecule has 3 heteroatoms. The molecule has 0 aromatic carbocycles. The number of aliphatic hydroxyl groups is 1. The summed E-state index contributed by atoms with van der Waals surface area (Å²) >= 11 is 0. The summed E-state index contributed by atoms with van der Waals surface area (Å²) in [4.78, 5) is 4.22. The minimum atomic E-state index is 0.00400. The molecule has 1 heterocycles. The minimum Gasteiger partial charge on any atom is -0.481 e. The van der Waals surface area contributed by atoms with Crippen molar-refractivity contribution in [3.63, 3.8) is 0 Å². The van der Waals surface area contributed by atoms with Gasteiger partial charge in [0, 0.05) is 17.2 Å². The summed E-state index contributed by atoms with van der Waals surface area (Å²) in [6, 6.07) is 2.06. The Hall–Kier alpha value is -1.09. The molecule has 0 bridgehead atoms. The summed E-state index contributed by atoms with van der Waals surface area (Å²) in [5.41, 5.74) is 2.17. The number of methoxy groups -OCH3 is 1. The summed E-state index contributed by atoms with van der Waals surface area (Å²) < 4.78 is 5.09. The van der Waals surface area contributed by atoms with Crippen molar-refractivity contribution in [3.05, 3.63) is 23.4 Å². The van der Waals surface area contributed by atoms with Gasteiger partial charge in [0.05, 0.1) is 13.7 Å². The average Bonchev–Trinajstić information content (AvgIpc) is 2.98. The fraction of sp³-hybridized carbons (Fsp3) is 0.545. The summed E-state index contributed by atoms with van der Waals surface area (Å²) in [5, 5.41) is 9.27. The van der Waals surface area contributed by atoms with Crippen molar-refractivity contribution >= 4 is 0 Å². The van der Waals surface area contributed by atoms with Crippen LogP contribution in [0.15, 0.2) is 12.3 Å². The number of nitrogens with zero attached hydrogens (tertiary/aromatic N) is 1. The maximum Gasteiger partial charge on any atom is 0.215 e. The van der Waals surface area contributed by atoms with E-state index >= 15 is 0 Å². The molecule has 1 aromatic heterocycles. The van der Waals surface area contributed by atoms with E-state index in [-0.39, 0.29) is 12.0 Å². The van der Waals surface area contributed by atoms with Crippen LogP contribution >= 0.6 is 0 Å². The molecule has 1 aliphatic carbocycles. The molecule has 1 N–H and O–H groups in total. The van der Waals surface area contributed by atoms with E-state index in [1.54, 1.807) is 7.11 Å². The first-order valence-corrected chi connectivity index (χ1v) is 4.84. The van der Waals surface area contributed by atoms with Gasteiger partial charge in [0.15, 0.2) is 0 Å². The monoisotopic (exact) mass is 193 g/mol. The maximum absolute atomic E-state index is 9.27. The van der Waals surface area contributed by atoms with Gasteiger partial charge in [0.1, 0.15) is 0 Å². The van der Waals surface area contributed by atoms with Gasteiger partial charge in [-0.25, -0.2) is 4.98 Å². The normalized spacial score (nSPS) is 17.9. The lowest BCUT2D eigenvalue weighted by atomic mass is 9.98. The molecule has 76 valence electrons. The van der Waals surface area contributed by atoms with Gasteiger partial charge in [-0.15, -0.1) is 0 Å². The first-order valence-electron chi connectivity index (χ1n) is 4.84. The zero-order chi connectivity index (χ0) is 10.2. The third-order valence-electron chi connectivity index (χ3n) is 2.99. The largest absolute Gasteiger partial charge is 0.481 e. The van der Waals surface area contributed by atoms with Crippen LogP contribution in [0.25, 0.3) is 0 Å². The highest BCUT2D eigenvalue weighted by Gasteiger charge is 2.44. The lowest BCUT2D eigenvalue weighted by Crippen LogP contribution is -2.12. The quantitative estimate of drug-likeness (QED) is 0.789. The fourth-order valence-corrected chi connectivity index (χ4v) is 1.75. The number of aliphatic hydroxyl groups excluding tert-OH is 1. The van der Waals surface area contributed by atoms with Gasteiger partial charge < -0.3 is 9.84 Å². The Balaban J connectivity index is 2.33. The highest BCUT2D eigenvalue weighted by Crippen LogP contribution is 2.47. The number of pyridine rings is 1. The highest BCUT2D eigenvalue weighted by molar-refractivity contribution is 5.36. The third-order valence-corrected chi connectivity index (χ3v) is 2.99. The van der Waals surface area contributed by atoms with E-state index in [4.69, 9.17) is 4.74 Å².